The van der Waals surface area contributed by atoms with Gasteiger partial charge in [-0.3, -0.25) is 4.99 Å². The molecule has 39 heavy (non-hydrogen) atoms. The highest BCUT2D eigenvalue weighted by Gasteiger charge is 2.29. The predicted octanol–water partition coefficient (Wildman–Crippen LogP) is 9.14. The number of rotatable bonds is 7. The topological polar surface area (TPSA) is 41.6 Å². The average Bonchev–Trinajstić information content (AvgIpc) is 2.92. The zero-order valence-corrected chi connectivity index (χ0v) is 27.8. The summed E-state index contributed by atoms with van der Waals surface area (Å²) in [4.78, 5) is 6.72. The molecule has 4 heteroatoms. The molecule has 2 fully saturated rings. The van der Waals surface area contributed by atoms with Gasteiger partial charge in [0.05, 0.1) is 0 Å². The summed E-state index contributed by atoms with van der Waals surface area (Å²) in [5.41, 5.74) is 12.1. The maximum atomic E-state index is 5.79. The third-order valence-electron chi connectivity index (χ3n) is 8.27. The molecule has 2 unspecified atom stereocenters. The van der Waals surface area contributed by atoms with Crippen molar-refractivity contribution < 1.29 is 0 Å². The molecule has 1 heterocycles. The first-order valence-electron chi connectivity index (χ1n) is 15.1. The summed E-state index contributed by atoms with van der Waals surface area (Å²) in [6.07, 6.45) is 12.5. The summed E-state index contributed by atoms with van der Waals surface area (Å²) in [5, 5.41) is 1.37. The van der Waals surface area contributed by atoms with Gasteiger partial charge in [0, 0.05) is 19.3 Å². The van der Waals surface area contributed by atoms with Crippen molar-refractivity contribution in [3.8, 4) is 0 Å². The van der Waals surface area contributed by atoms with Crippen LogP contribution in [0.2, 0.25) is 0 Å². The number of likely N-dealkylation sites (tertiary alicyclic amines) is 1. The van der Waals surface area contributed by atoms with Crippen molar-refractivity contribution in [2.75, 3.05) is 33.3 Å². The van der Waals surface area contributed by atoms with E-state index >= 15 is 0 Å². The van der Waals surface area contributed by atoms with Gasteiger partial charge in [-0.1, -0.05) is 70.5 Å². The second-order valence-electron chi connectivity index (χ2n) is 12.1. The molecule has 0 spiro atoms. The lowest BCUT2D eigenvalue weighted by Gasteiger charge is -2.41. The van der Waals surface area contributed by atoms with E-state index in [9.17, 15) is 0 Å². The molecule has 2 N–H and O–H groups in total. The number of nitrogens with two attached hydrogens (primary N) is 1. The summed E-state index contributed by atoms with van der Waals surface area (Å²) in [7, 11) is 2.67. The lowest BCUT2D eigenvalue weighted by Crippen LogP contribution is -2.43. The van der Waals surface area contributed by atoms with Gasteiger partial charge in [0.25, 0.3) is 0 Å². The van der Waals surface area contributed by atoms with Gasteiger partial charge in [0.1, 0.15) is 0 Å². The Kier molecular flexibility index (Phi) is 17.8. The standard InChI is InChI=1S/C15H30N2.C13H16.C7H14NP/c1-12-7-9-17(10-8-12)15-5-3-14(4-6-15)13(2)11-16;1-10(2)9-12(4)13-8-6-5-7-11(13)3;1-6(2)7(9-4)5-8-3/h12-15H,3-11,16H2,1-2H3;5-9H,4H2,1-3H3;5,9H,1-4H3. The second-order valence-corrected chi connectivity index (χ2v) is 13.2. The summed E-state index contributed by atoms with van der Waals surface area (Å²) in [5.74, 6) is 2.59. The highest BCUT2D eigenvalue weighted by Crippen LogP contribution is 2.33. The predicted molar refractivity (Wildman–Crippen MR) is 181 cm³/mol. The number of allylic oxidation sites excluding steroid dienone is 5. The smallest absolute Gasteiger partial charge is 0.0282 e. The summed E-state index contributed by atoms with van der Waals surface area (Å²) in [6, 6.07) is 9.21. The minimum Gasteiger partial charge on any atom is -0.330 e. The van der Waals surface area contributed by atoms with Crippen LogP contribution in [0.4, 0.5) is 0 Å². The van der Waals surface area contributed by atoms with Crippen LogP contribution in [0.1, 0.15) is 91.2 Å². The van der Waals surface area contributed by atoms with E-state index in [0.717, 1.165) is 44.5 Å². The maximum Gasteiger partial charge on any atom is 0.0282 e. The molecule has 2 aliphatic rings. The van der Waals surface area contributed by atoms with Crippen LogP contribution >= 0.6 is 8.58 Å². The maximum absolute atomic E-state index is 5.79. The normalized spacial score (nSPS) is 21.0. The number of hydrogen-bond acceptors (Lipinski definition) is 3. The minimum atomic E-state index is 0.734. The highest BCUT2D eigenvalue weighted by molar-refractivity contribution is 7.43. The molecule has 1 aliphatic heterocycles. The Balaban J connectivity index is 0.000000309. The Morgan fingerprint density at radius 3 is 2.10 bits per heavy atom. The molecular formula is C35H60N3P. The molecule has 1 aromatic rings. The van der Waals surface area contributed by atoms with E-state index in [1.165, 1.54) is 79.2 Å². The fourth-order valence-electron chi connectivity index (χ4n) is 5.55. The van der Waals surface area contributed by atoms with Crippen LogP contribution < -0.4 is 5.73 Å². The molecule has 1 aliphatic carbocycles. The van der Waals surface area contributed by atoms with Crippen LogP contribution in [0, 0.1) is 24.7 Å². The van der Waals surface area contributed by atoms with Crippen LogP contribution in [0.25, 0.3) is 5.57 Å². The fourth-order valence-corrected chi connectivity index (χ4v) is 6.31. The van der Waals surface area contributed by atoms with E-state index in [4.69, 9.17) is 5.73 Å². The molecule has 220 valence electrons. The van der Waals surface area contributed by atoms with Crippen molar-refractivity contribution in [1.82, 2.24) is 4.90 Å². The number of aliphatic imine (C=N–C) groups is 1. The minimum absolute atomic E-state index is 0.734. The molecule has 1 saturated carbocycles. The fraction of sp³-hybridized carbons (Fsp3) is 0.629. The molecule has 3 nitrogen and oxygen atoms in total. The van der Waals surface area contributed by atoms with E-state index in [0.29, 0.717) is 0 Å². The van der Waals surface area contributed by atoms with E-state index in [2.05, 4.69) is 95.9 Å². The van der Waals surface area contributed by atoms with E-state index in [1.807, 2.05) is 19.3 Å². The summed E-state index contributed by atoms with van der Waals surface area (Å²) in [6.45, 7) is 25.0. The largest absolute Gasteiger partial charge is 0.330 e. The van der Waals surface area contributed by atoms with Crippen molar-refractivity contribution in [1.29, 1.82) is 0 Å². The van der Waals surface area contributed by atoms with Gasteiger partial charge in [-0.25, -0.2) is 0 Å². The van der Waals surface area contributed by atoms with Gasteiger partial charge >= 0.3 is 0 Å². The van der Waals surface area contributed by atoms with Crippen molar-refractivity contribution in [2.45, 2.75) is 93.0 Å². The van der Waals surface area contributed by atoms with Crippen LogP contribution in [-0.2, 0) is 0 Å². The van der Waals surface area contributed by atoms with Gasteiger partial charge < -0.3 is 10.6 Å². The van der Waals surface area contributed by atoms with Crippen molar-refractivity contribution in [3.63, 3.8) is 0 Å². The molecule has 2 atom stereocenters. The molecule has 0 bridgehead atoms. The Labute approximate surface area is 244 Å². The van der Waals surface area contributed by atoms with Crippen LogP contribution in [0.5, 0.6) is 0 Å². The van der Waals surface area contributed by atoms with Gasteiger partial charge in [0.2, 0.25) is 0 Å². The lowest BCUT2D eigenvalue weighted by molar-refractivity contribution is 0.0891. The zero-order chi connectivity index (χ0) is 29.4. The van der Waals surface area contributed by atoms with Crippen LogP contribution in [0.3, 0.4) is 0 Å². The lowest BCUT2D eigenvalue weighted by atomic mass is 9.78. The number of hydrogen-bond donors (Lipinski definition) is 1. The third-order valence-corrected chi connectivity index (χ3v) is 9.44. The van der Waals surface area contributed by atoms with E-state index in [1.54, 1.807) is 0 Å². The highest BCUT2D eigenvalue weighted by atomic mass is 31.1. The number of aryl methyl sites for hydroxylation is 1. The molecule has 0 amide bonds. The van der Waals surface area contributed by atoms with Crippen LogP contribution in [-0.4, -0.2) is 50.5 Å². The van der Waals surface area contributed by atoms with Crippen molar-refractivity contribution in [3.05, 3.63) is 64.5 Å². The van der Waals surface area contributed by atoms with Gasteiger partial charge in [-0.15, -0.1) is 0 Å². The summed E-state index contributed by atoms with van der Waals surface area (Å²) < 4.78 is 0. The van der Waals surface area contributed by atoms with E-state index < -0.39 is 0 Å². The quantitative estimate of drug-likeness (QED) is 0.208. The van der Waals surface area contributed by atoms with Crippen molar-refractivity contribution >= 4 is 20.4 Å². The Morgan fingerprint density at radius 1 is 1.08 bits per heavy atom. The molecule has 1 aromatic carbocycles. The van der Waals surface area contributed by atoms with E-state index in [-0.39, 0.29) is 0 Å². The first kappa shape index (κ1) is 35.5. The second kappa shape index (κ2) is 19.5. The van der Waals surface area contributed by atoms with Gasteiger partial charge in [-0.05, 0) is 139 Å². The molecular weight excluding hydrogens is 493 g/mol. The molecule has 0 aromatic heterocycles. The SMILES string of the molecule is C=C(C=C(C)C)c1ccccc1C.CC1CCN(C2CCC(C(C)CN)CC2)CC1.CN=CC(PC)=C(C)C. The Bertz CT molecular complexity index is 921. The third kappa shape index (κ3) is 13.6. The molecule has 0 radical (unpaired) electrons. The first-order chi connectivity index (χ1) is 18.5. The average molecular weight is 554 g/mol. The first-order valence-corrected chi connectivity index (χ1v) is 16.6. The number of benzene rings is 1. The Morgan fingerprint density at radius 2 is 1.67 bits per heavy atom. The zero-order valence-electron chi connectivity index (χ0n) is 26.8. The van der Waals surface area contributed by atoms with Gasteiger partial charge in [0.15, 0.2) is 0 Å². The van der Waals surface area contributed by atoms with Crippen molar-refractivity contribution in [2.24, 2.45) is 28.5 Å². The summed E-state index contributed by atoms with van der Waals surface area (Å²) >= 11 is 0. The molecule has 1 saturated heterocycles. The van der Waals surface area contributed by atoms with Gasteiger partial charge in [-0.2, -0.15) is 0 Å². The van der Waals surface area contributed by atoms with Crippen LogP contribution in [0.15, 0.2) is 58.4 Å². The number of piperidine rings is 1. The monoisotopic (exact) mass is 553 g/mol. The Hall–Kier alpha value is -1.54. The number of nitrogens with zero attached hydrogens (tertiary/aromatic N) is 2. The molecule has 3 rings (SSSR count).